The molecule has 1 amide bonds. The Hall–Kier alpha value is -2.87. The van der Waals surface area contributed by atoms with E-state index in [0.717, 1.165) is 24.9 Å². The molecule has 0 aliphatic carbocycles. The zero-order valence-corrected chi connectivity index (χ0v) is 16.4. The molecule has 30 heavy (non-hydrogen) atoms. The third-order valence-corrected chi connectivity index (χ3v) is 6.04. The predicted molar refractivity (Wildman–Crippen MR) is 106 cm³/mol. The van der Waals surface area contributed by atoms with Crippen molar-refractivity contribution in [3.05, 3.63) is 58.8 Å². The minimum absolute atomic E-state index is 0.0181. The topological polar surface area (TPSA) is 82.5 Å². The van der Waals surface area contributed by atoms with Crippen LogP contribution >= 0.6 is 0 Å². The smallest absolute Gasteiger partial charge is 0.222 e. The summed E-state index contributed by atoms with van der Waals surface area (Å²) in [5.41, 5.74) is 0.956. The lowest BCUT2D eigenvalue weighted by Crippen LogP contribution is -2.44. The lowest BCUT2D eigenvalue weighted by molar-refractivity contribution is -0.127. The Labute approximate surface area is 172 Å². The van der Waals surface area contributed by atoms with Crippen LogP contribution in [0, 0.1) is 11.6 Å². The van der Waals surface area contributed by atoms with Gasteiger partial charge in [0, 0.05) is 42.8 Å². The molecule has 1 aromatic carbocycles. The van der Waals surface area contributed by atoms with E-state index in [1.165, 1.54) is 18.3 Å². The Morgan fingerprint density at radius 3 is 2.40 bits per heavy atom. The molecule has 2 aliphatic rings. The van der Waals surface area contributed by atoms with Crippen molar-refractivity contribution in [3.8, 4) is 0 Å². The van der Waals surface area contributed by atoms with E-state index in [9.17, 15) is 23.5 Å². The summed E-state index contributed by atoms with van der Waals surface area (Å²) < 4.78 is 29.6. The van der Waals surface area contributed by atoms with Gasteiger partial charge in [-0.25, -0.2) is 13.8 Å². The van der Waals surface area contributed by atoms with Crippen LogP contribution in [0.5, 0.6) is 0 Å². The largest absolute Gasteiger partial charge is 0.373 e. The normalized spacial score (nSPS) is 22.6. The molecule has 6 nitrogen and oxygen atoms in total. The van der Waals surface area contributed by atoms with Crippen LogP contribution in [0.3, 0.4) is 0 Å². The number of nitrogens with one attached hydrogen (secondary N) is 1. The molecule has 8 heteroatoms. The van der Waals surface area contributed by atoms with Crippen LogP contribution in [0.2, 0.25) is 0 Å². The van der Waals surface area contributed by atoms with Gasteiger partial charge >= 0.3 is 0 Å². The van der Waals surface area contributed by atoms with Gasteiger partial charge in [-0.15, -0.1) is 0 Å². The van der Waals surface area contributed by atoms with E-state index in [0.29, 0.717) is 24.2 Å². The first-order chi connectivity index (χ1) is 14.5. The zero-order valence-electron chi connectivity index (χ0n) is 16.4. The number of aliphatic hydroxyl groups excluding tert-OH is 1. The molecule has 2 atom stereocenters. The molecule has 0 radical (unpaired) electrons. The van der Waals surface area contributed by atoms with Crippen LogP contribution in [0.1, 0.15) is 59.0 Å². The second kappa shape index (κ2) is 8.47. The van der Waals surface area contributed by atoms with Crippen LogP contribution < -0.4 is 10.2 Å². The highest BCUT2D eigenvalue weighted by Crippen LogP contribution is 2.36. The molecular formula is C22H23F2N3O3. The van der Waals surface area contributed by atoms with Gasteiger partial charge in [-0.05, 0) is 55.0 Å². The van der Waals surface area contributed by atoms with Crippen LogP contribution in [-0.2, 0) is 4.79 Å². The van der Waals surface area contributed by atoms with Gasteiger partial charge in [0.2, 0.25) is 5.91 Å². The zero-order chi connectivity index (χ0) is 21.3. The molecule has 2 aliphatic heterocycles. The van der Waals surface area contributed by atoms with Gasteiger partial charge in [0.25, 0.3) is 0 Å². The fraction of sp³-hybridized carbons (Fsp3) is 0.409. The molecule has 0 spiro atoms. The van der Waals surface area contributed by atoms with Gasteiger partial charge in [-0.2, -0.15) is 0 Å². The summed E-state index contributed by atoms with van der Waals surface area (Å²) in [6.07, 6.45) is 2.75. The average Bonchev–Trinajstić information content (AvgIpc) is 2.75. The summed E-state index contributed by atoms with van der Waals surface area (Å²) in [7, 11) is 0. The molecule has 2 saturated heterocycles. The Morgan fingerprint density at radius 2 is 1.83 bits per heavy atom. The summed E-state index contributed by atoms with van der Waals surface area (Å²) in [6.45, 7) is 1.38. The number of hydrogen-bond acceptors (Lipinski definition) is 5. The van der Waals surface area contributed by atoms with E-state index >= 15 is 0 Å². The van der Waals surface area contributed by atoms with Gasteiger partial charge in [0.05, 0.1) is 0 Å². The Balaban J connectivity index is 1.46. The summed E-state index contributed by atoms with van der Waals surface area (Å²) in [6, 6.07) is 6.23. The highest BCUT2D eigenvalue weighted by Gasteiger charge is 2.33. The molecule has 4 rings (SSSR count). The third kappa shape index (κ3) is 4.05. The second-order valence-electron chi connectivity index (χ2n) is 7.88. The number of rotatable bonds is 4. The van der Waals surface area contributed by atoms with E-state index < -0.39 is 23.8 Å². The number of aromatic nitrogens is 1. The van der Waals surface area contributed by atoms with Crippen LogP contribution in [0.15, 0.2) is 30.5 Å². The van der Waals surface area contributed by atoms with Crippen molar-refractivity contribution in [2.24, 2.45) is 0 Å². The van der Waals surface area contributed by atoms with Gasteiger partial charge in [-0.1, -0.05) is 0 Å². The van der Waals surface area contributed by atoms with Crippen molar-refractivity contribution in [2.75, 3.05) is 18.0 Å². The molecule has 0 saturated carbocycles. The maximum Gasteiger partial charge on any atom is 0.222 e. The highest BCUT2D eigenvalue weighted by atomic mass is 19.1. The minimum Gasteiger partial charge on any atom is -0.373 e. The maximum atomic E-state index is 14.8. The monoisotopic (exact) mass is 415 g/mol. The number of aliphatic hydroxyl groups is 1. The van der Waals surface area contributed by atoms with E-state index in [-0.39, 0.29) is 30.2 Å². The molecule has 2 unspecified atom stereocenters. The number of aldehydes is 1. The molecule has 2 aromatic rings. The lowest BCUT2D eigenvalue weighted by atomic mass is 9.84. The first-order valence-electron chi connectivity index (χ1n) is 10.1. The summed E-state index contributed by atoms with van der Waals surface area (Å²) >= 11 is 0. The fourth-order valence-corrected chi connectivity index (χ4v) is 4.37. The number of anilines is 1. The highest BCUT2D eigenvalue weighted by molar-refractivity contribution is 5.77. The van der Waals surface area contributed by atoms with Crippen molar-refractivity contribution >= 4 is 18.0 Å². The van der Waals surface area contributed by atoms with Crippen molar-refractivity contribution in [1.82, 2.24) is 10.3 Å². The number of nitrogens with zero attached hydrogens (tertiary/aromatic N) is 2. The second-order valence-corrected chi connectivity index (χ2v) is 7.88. The minimum atomic E-state index is -1.29. The number of benzene rings is 1. The van der Waals surface area contributed by atoms with Gasteiger partial charge in [0.15, 0.2) is 6.29 Å². The fourth-order valence-electron chi connectivity index (χ4n) is 4.37. The first kappa shape index (κ1) is 20.4. The van der Waals surface area contributed by atoms with Crippen molar-refractivity contribution in [3.63, 3.8) is 0 Å². The molecule has 1 aromatic heterocycles. The van der Waals surface area contributed by atoms with Gasteiger partial charge in [0.1, 0.15) is 23.7 Å². The van der Waals surface area contributed by atoms with E-state index in [1.54, 1.807) is 12.1 Å². The van der Waals surface area contributed by atoms with Crippen molar-refractivity contribution in [2.45, 2.75) is 43.7 Å². The van der Waals surface area contributed by atoms with Crippen molar-refractivity contribution < 1.29 is 23.5 Å². The number of amides is 1. The molecule has 3 heterocycles. The summed E-state index contributed by atoms with van der Waals surface area (Å²) in [5.74, 6) is -1.68. The lowest BCUT2D eigenvalue weighted by Gasteiger charge is -2.33. The molecular weight excluding hydrogens is 392 g/mol. The molecule has 2 N–H and O–H groups in total. The number of carbonyl (C=O) groups is 2. The predicted octanol–water partition coefficient (Wildman–Crippen LogP) is 2.87. The van der Waals surface area contributed by atoms with Gasteiger partial charge in [-0.3, -0.25) is 9.59 Å². The Kier molecular flexibility index (Phi) is 5.76. The van der Waals surface area contributed by atoms with Crippen LogP contribution in [0.4, 0.5) is 14.6 Å². The quantitative estimate of drug-likeness (QED) is 0.751. The van der Waals surface area contributed by atoms with E-state index in [4.69, 9.17) is 0 Å². The number of carbonyl (C=O) groups excluding carboxylic acids is 2. The maximum absolute atomic E-state index is 14.8. The van der Waals surface area contributed by atoms with Crippen LogP contribution in [-0.4, -0.2) is 41.6 Å². The van der Waals surface area contributed by atoms with E-state index in [1.807, 2.05) is 0 Å². The Morgan fingerprint density at radius 1 is 1.13 bits per heavy atom. The Bertz CT molecular complexity index is 920. The molecule has 0 bridgehead atoms. The molecule has 158 valence electrons. The summed E-state index contributed by atoms with van der Waals surface area (Å²) in [4.78, 5) is 28.5. The van der Waals surface area contributed by atoms with Crippen LogP contribution in [0.25, 0.3) is 0 Å². The number of pyridine rings is 1. The van der Waals surface area contributed by atoms with Crippen molar-refractivity contribution in [1.29, 1.82) is 0 Å². The number of hydrogen-bond donors (Lipinski definition) is 2. The SMILES string of the molecule is O=Cc1ccc(N2CCC(c3cc(F)c(C4CCC(=O)NC4O)c(F)c3)CC2)nc1. The standard InChI is InChI=1S/C22H23F2N3O3/c23-17-9-15(10-18(24)21(17)16-2-4-20(29)26-22(16)30)14-5-7-27(8-6-14)19-3-1-13(12-28)11-25-19/h1,3,9-12,14,16,22,30H,2,4-8H2,(H,26,29). The average molecular weight is 415 g/mol. The van der Waals surface area contributed by atoms with Gasteiger partial charge < -0.3 is 15.3 Å². The molecule has 2 fully saturated rings. The van der Waals surface area contributed by atoms with E-state index in [2.05, 4.69) is 15.2 Å². The number of piperidine rings is 2. The third-order valence-electron chi connectivity index (χ3n) is 6.04. The first-order valence-corrected chi connectivity index (χ1v) is 10.1. The summed E-state index contributed by atoms with van der Waals surface area (Å²) in [5, 5.41) is 12.4. The number of halogens is 2.